The van der Waals surface area contributed by atoms with E-state index in [-0.39, 0.29) is 18.3 Å². The van der Waals surface area contributed by atoms with Crippen molar-refractivity contribution in [2.24, 2.45) is 5.92 Å². The number of carbonyl (C=O) groups excluding carboxylic acids is 1. The Morgan fingerprint density at radius 2 is 2.10 bits per heavy atom. The van der Waals surface area contributed by atoms with Crippen LogP contribution in [0.5, 0.6) is 5.75 Å². The molecule has 0 spiro atoms. The summed E-state index contributed by atoms with van der Waals surface area (Å²) in [6.45, 7) is 1.72. The van der Waals surface area contributed by atoms with Gasteiger partial charge in [-0.15, -0.1) is 0 Å². The molecule has 0 saturated heterocycles. The molecule has 1 aromatic carbocycles. The molecule has 0 aromatic heterocycles. The van der Waals surface area contributed by atoms with Crippen LogP contribution >= 0.6 is 0 Å². The summed E-state index contributed by atoms with van der Waals surface area (Å²) in [6.07, 6.45) is 1.06. The maximum Gasteiger partial charge on any atom is 0.306 e. The molecular weight excluding hydrogens is 265 g/mol. The van der Waals surface area contributed by atoms with Crippen LogP contribution in [0.1, 0.15) is 19.8 Å². The van der Waals surface area contributed by atoms with Crippen molar-refractivity contribution in [3.8, 4) is 5.75 Å². The Balaban J connectivity index is 2.18. The van der Waals surface area contributed by atoms with Crippen LogP contribution in [-0.4, -0.2) is 30.1 Å². The molecule has 0 aliphatic heterocycles. The number of ether oxygens (including phenoxy) is 1. The third-order valence-corrected chi connectivity index (χ3v) is 2.75. The van der Waals surface area contributed by atoms with Crippen LogP contribution in [0.25, 0.3) is 0 Å². The summed E-state index contributed by atoms with van der Waals surface area (Å²) in [5, 5.41) is 11.3. The Hall–Kier alpha value is -2.11. The monoisotopic (exact) mass is 283 g/mol. The van der Waals surface area contributed by atoms with Gasteiger partial charge >= 0.3 is 5.97 Å². The zero-order valence-corrected chi connectivity index (χ0v) is 11.3. The number of hydrogen-bond acceptors (Lipinski definition) is 3. The van der Waals surface area contributed by atoms with E-state index in [9.17, 15) is 14.0 Å². The van der Waals surface area contributed by atoms with E-state index in [0.717, 1.165) is 0 Å². The maximum absolute atomic E-state index is 13.2. The average molecular weight is 283 g/mol. The summed E-state index contributed by atoms with van der Waals surface area (Å²) in [6, 6.07) is 5.84. The second-order valence-corrected chi connectivity index (χ2v) is 4.45. The van der Waals surface area contributed by atoms with Gasteiger partial charge in [0.05, 0.1) is 5.92 Å². The largest absolute Gasteiger partial charge is 0.481 e. The quantitative estimate of drug-likeness (QED) is 0.714. The van der Waals surface area contributed by atoms with Crippen LogP contribution < -0.4 is 10.1 Å². The molecule has 0 bridgehead atoms. The first-order valence-electron chi connectivity index (χ1n) is 6.37. The Kier molecular flexibility index (Phi) is 6.49. The van der Waals surface area contributed by atoms with Crippen LogP contribution in [-0.2, 0) is 9.59 Å². The maximum atomic E-state index is 13.2. The Labute approximate surface area is 116 Å². The normalized spacial score (nSPS) is 11.7. The van der Waals surface area contributed by atoms with Crippen molar-refractivity contribution < 1.29 is 23.8 Å². The predicted molar refractivity (Wildman–Crippen MR) is 70.9 cm³/mol. The summed E-state index contributed by atoms with van der Waals surface area (Å²) in [4.78, 5) is 22.0. The standard InChI is InChI=1S/C14H18FNO4/c1-10(14(18)19)5-4-8-16-13(17)9-20-12-7-3-2-6-11(12)15/h2-3,6-7,10H,4-5,8-9H2,1H3,(H,16,17)(H,18,19). The van der Waals surface area contributed by atoms with Crippen molar-refractivity contribution in [3.05, 3.63) is 30.1 Å². The van der Waals surface area contributed by atoms with E-state index < -0.39 is 17.7 Å². The Bertz CT molecular complexity index is 464. The molecule has 0 radical (unpaired) electrons. The van der Waals surface area contributed by atoms with Crippen LogP contribution in [0.3, 0.4) is 0 Å². The highest BCUT2D eigenvalue weighted by Crippen LogP contribution is 2.14. The van der Waals surface area contributed by atoms with E-state index in [2.05, 4.69) is 5.32 Å². The second kappa shape index (κ2) is 8.14. The molecule has 1 aromatic rings. The smallest absolute Gasteiger partial charge is 0.306 e. The fourth-order valence-corrected chi connectivity index (χ4v) is 1.52. The average Bonchev–Trinajstić information content (AvgIpc) is 2.42. The third kappa shape index (κ3) is 5.69. The van der Waals surface area contributed by atoms with Gasteiger partial charge in [-0.05, 0) is 25.0 Å². The molecule has 0 aliphatic carbocycles. The van der Waals surface area contributed by atoms with Crippen molar-refractivity contribution >= 4 is 11.9 Å². The third-order valence-electron chi connectivity index (χ3n) is 2.75. The van der Waals surface area contributed by atoms with Crippen molar-refractivity contribution in [1.82, 2.24) is 5.32 Å². The summed E-state index contributed by atoms with van der Waals surface area (Å²) in [5.41, 5.74) is 0. The predicted octanol–water partition coefficient (Wildman–Crippen LogP) is 1.82. The Morgan fingerprint density at radius 1 is 1.40 bits per heavy atom. The van der Waals surface area contributed by atoms with Crippen molar-refractivity contribution in [3.63, 3.8) is 0 Å². The molecule has 20 heavy (non-hydrogen) atoms. The topological polar surface area (TPSA) is 75.6 Å². The molecule has 1 amide bonds. The SMILES string of the molecule is CC(CCCNC(=O)COc1ccccc1F)C(=O)O. The van der Waals surface area contributed by atoms with E-state index in [1.807, 2.05) is 0 Å². The number of carboxylic acid groups (broad SMARTS) is 1. The lowest BCUT2D eigenvalue weighted by Crippen LogP contribution is -2.30. The fraction of sp³-hybridized carbons (Fsp3) is 0.429. The summed E-state index contributed by atoms with van der Waals surface area (Å²) < 4.78 is 18.2. The van der Waals surface area contributed by atoms with Crippen LogP contribution in [0.4, 0.5) is 4.39 Å². The first-order valence-corrected chi connectivity index (χ1v) is 6.37. The number of benzene rings is 1. The molecule has 5 nitrogen and oxygen atoms in total. The first-order chi connectivity index (χ1) is 9.50. The van der Waals surface area contributed by atoms with Crippen LogP contribution in [0.15, 0.2) is 24.3 Å². The number of para-hydroxylation sites is 1. The van der Waals surface area contributed by atoms with E-state index in [4.69, 9.17) is 9.84 Å². The zero-order valence-electron chi connectivity index (χ0n) is 11.3. The number of carboxylic acids is 1. The molecule has 6 heteroatoms. The van der Waals surface area contributed by atoms with Gasteiger partial charge in [0.15, 0.2) is 18.2 Å². The molecule has 1 unspecified atom stereocenters. The van der Waals surface area contributed by atoms with Gasteiger partial charge in [-0.25, -0.2) is 4.39 Å². The lowest BCUT2D eigenvalue weighted by molar-refractivity contribution is -0.141. The highest BCUT2D eigenvalue weighted by Gasteiger charge is 2.10. The number of carbonyl (C=O) groups is 2. The highest BCUT2D eigenvalue weighted by molar-refractivity contribution is 5.77. The molecular formula is C14H18FNO4. The van der Waals surface area contributed by atoms with Crippen LogP contribution in [0.2, 0.25) is 0 Å². The van der Waals surface area contributed by atoms with Crippen molar-refractivity contribution in [1.29, 1.82) is 0 Å². The first kappa shape index (κ1) is 15.9. The Morgan fingerprint density at radius 3 is 2.75 bits per heavy atom. The van der Waals surface area contributed by atoms with Gasteiger partial charge in [0.2, 0.25) is 0 Å². The zero-order chi connectivity index (χ0) is 15.0. The summed E-state index contributed by atoms with van der Waals surface area (Å²) in [7, 11) is 0. The molecule has 0 aliphatic rings. The number of amides is 1. The van der Waals surface area contributed by atoms with Crippen molar-refractivity contribution in [2.45, 2.75) is 19.8 Å². The molecule has 110 valence electrons. The molecule has 1 rings (SSSR count). The van der Waals surface area contributed by atoms with Crippen LogP contribution in [0, 0.1) is 11.7 Å². The minimum atomic E-state index is -0.848. The van der Waals surface area contributed by atoms with Gasteiger partial charge in [0, 0.05) is 6.54 Å². The minimum Gasteiger partial charge on any atom is -0.481 e. The van der Waals surface area contributed by atoms with Gasteiger partial charge in [0.1, 0.15) is 0 Å². The highest BCUT2D eigenvalue weighted by atomic mass is 19.1. The lowest BCUT2D eigenvalue weighted by atomic mass is 10.1. The van der Waals surface area contributed by atoms with E-state index in [1.54, 1.807) is 13.0 Å². The summed E-state index contributed by atoms with van der Waals surface area (Å²) >= 11 is 0. The van der Waals surface area contributed by atoms with E-state index in [1.165, 1.54) is 18.2 Å². The lowest BCUT2D eigenvalue weighted by Gasteiger charge is -2.09. The molecule has 1 atom stereocenters. The molecule has 0 fully saturated rings. The molecule has 0 heterocycles. The number of aliphatic carboxylic acids is 1. The minimum absolute atomic E-state index is 0.0298. The number of nitrogens with one attached hydrogen (secondary N) is 1. The number of halogens is 1. The van der Waals surface area contributed by atoms with Gasteiger partial charge in [-0.3, -0.25) is 9.59 Å². The van der Waals surface area contributed by atoms with E-state index >= 15 is 0 Å². The van der Waals surface area contributed by atoms with Crippen molar-refractivity contribution in [2.75, 3.05) is 13.2 Å². The fourth-order valence-electron chi connectivity index (χ4n) is 1.52. The molecule has 0 saturated carbocycles. The van der Waals surface area contributed by atoms with E-state index in [0.29, 0.717) is 19.4 Å². The summed E-state index contributed by atoms with van der Waals surface area (Å²) in [5.74, 6) is -2.13. The van der Waals surface area contributed by atoms with Gasteiger partial charge in [-0.1, -0.05) is 19.1 Å². The number of hydrogen-bond donors (Lipinski definition) is 2. The second-order valence-electron chi connectivity index (χ2n) is 4.45. The van der Waals surface area contributed by atoms with Gasteiger partial charge in [-0.2, -0.15) is 0 Å². The van der Waals surface area contributed by atoms with Gasteiger partial charge in [0.25, 0.3) is 5.91 Å². The molecule has 2 N–H and O–H groups in total. The van der Waals surface area contributed by atoms with Gasteiger partial charge < -0.3 is 15.2 Å². The number of rotatable bonds is 8.